The first-order valence-electron chi connectivity index (χ1n) is 15.1. The Morgan fingerprint density at radius 3 is 2.51 bits per heavy atom. The number of ketones is 1. The number of alkyl halides is 1. The third kappa shape index (κ3) is 8.38. The number of carbonyl (C=O) groups is 2. The predicted octanol–water partition coefficient (Wildman–Crippen LogP) is 2.95. The standard InChI is InChI=1S/C30H42FN6O9P/c1-17(2)44-28(41)18(3)35-47(42,46-22(13-21(39)14-38)20-11-9-8-10-12-20)43-15-23-25(40)30(5,31)29(45-23)37-16-32-24-26(36(6)7)33-19(4)34-27(24)37/h8-12,16-18,22-23,25,29,38,40H,13-15H2,1-7H3,(H,35,42)/t18-,22?,23+,25+,29+,30+,47?/m0/s1. The second-order valence-corrected chi connectivity index (χ2v) is 13.7. The smallest absolute Gasteiger partial charge is 0.406 e. The van der Waals surface area contributed by atoms with E-state index >= 15 is 4.39 Å². The SMILES string of the molecule is Cc1nc(N(C)C)c2ncn([C@@H]3O[C@H](COP(=O)(N[C@@H](C)C(=O)OC(C)C)OC(CC(=O)CO)c4ccccc4)[C@@H](O)[C@@]3(C)F)c2n1. The Morgan fingerprint density at radius 1 is 1.21 bits per heavy atom. The van der Waals surface area contributed by atoms with Crippen molar-refractivity contribution in [3.63, 3.8) is 0 Å². The highest BCUT2D eigenvalue weighted by atomic mass is 31.2. The number of hydrogen-bond acceptors (Lipinski definition) is 13. The number of nitrogens with one attached hydrogen (secondary N) is 1. The molecule has 1 aromatic carbocycles. The maximum absolute atomic E-state index is 16.3. The summed E-state index contributed by atoms with van der Waals surface area (Å²) in [5.41, 5.74) is -1.29. The fraction of sp³-hybridized carbons (Fsp3) is 0.567. The van der Waals surface area contributed by atoms with Crippen molar-refractivity contribution < 1.29 is 47.3 Å². The summed E-state index contributed by atoms with van der Waals surface area (Å²) in [5, 5.41) is 23.0. The molecule has 15 nitrogen and oxygen atoms in total. The van der Waals surface area contributed by atoms with Gasteiger partial charge in [0.25, 0.3) is 0 Å². The Labute approximate surface area is 272 Å². The molecule has 3 heterocycles. The van der Waals surface area contributed by atoms with Crippen LogP contribution in [0.25, 0.3) is 11.2 Å². The average molecular weight is 681 g/mol. The number of aliphatic hydroxyl groups is 2. The molecular weight excluding hydrogens is 638 g/mol. The van der Waals surface area contributed by atoms with Crippen molar-refractivity contribution in [2.75, 3.05) is 32.2 Å². The number of hydrogen-bond donors (Lipinski definition) is 3. The molecule has 1 aliphatic heterocycles. The molecule has 0 saturated carbocycles. The second-order valence-electron chi connectivity index (χ2n) is 12.0. The number of aliphatic hydroxyl groups excluding tert-OH is 2. The highest BCUT2D eigenvalue weighted by Gasteiger charge is 2.56. The number of Topliss-reactive ketones (excluding diaryl/α,β-unsaturated/α-hetero) is 1. The molecule has 7 atom stereocenters. The van der Waals surface area contributed by atoms with Crippen molar-refractivity contribution in [2.24, 2.45) is 0 Å². The van der Waals surface area contributed by atoms with Gasteiger partial charge >= 0.3 is 13.7 Å². The summed E-state index contributed by atoms with van der Waals surface area (Å²) in [7, 11) is -1.01. The lowest BCUT2D eigenvalue weighted by atomic mass is 9.98. The molecule has 0 spiro atoms. The minimum atomic E-state index is -4.57. The lowest BCUT2D eigenvalue weighted by molar-refractivity contribution is -0.149. The molecule has 258 valence electrons. The molecular formula is C30H42FN6O9P. The largest absolute Gasteiger partial charge is 0.462 e. The Morgan fingerprint density at radius 2 is 1.89 bits per heavy atom. The van der Waals surface area contributed by atoms with Crippen LogP contribution in [0.2, 0.25) is 0 Å². The van der Waals surface area contributed by atoms with Crippen LogP contribution in [0.15, 0.2) is 36.7 Å². The molecule has 0 bridgehead atoms. The van der Waals surface area contributed by atoms with Crippen LogP contribution in [0.5, 0.6) is 0 Å². The van der Waals surface area contributed by atoms with E-state index in [4.69, 9.17) is 18.5 Å². The average Bonchev–Trinajstić information content (AvgIpc) is 3.52. The van der Waals surface area contributed by atoms with Gasteiger partial charge < -0.3 is 24.6 Å². The molecule has 3 N–H and O–H groups in total. The monoisotopic (exact) mass is 680 g/mol. The van der Waals surface area contributed by atoms with Gasteiger partial charge in [-0.15, -0.1) is 0 Å². The molecule has 0 amide bonds. The molecule has 2 unspecified atom stereocenters. The molecule has 47 heavy (non-hydrogen) atoms. The van der Waals surface area contributed by atoms with Gasteiger partial charge in [0.1, 0.15) is 36.8 Å². The van der Waals surface area contributed by atoms with E-state index in [1.807, 2.05) is 0 Å². The van der Waals surface area contributed by atoms with Crippen molar-refractivity contribution in [3.05, 3.63) is 48.0 Å². The van der Waals surface area contributed by atoms with Crippen molar-refractivity contribution in [1.82, 2.24) is 24.6 Å². The third-order valence-electron chi connectivity index (χ3n) is 7.40. The number of anilines is 1. The summed E-state index contributed by atoms with van der Waals surface area (Å²) in [4.78, 5) is 39.8. The Balaban J connectivity index is 1.63. The summed E-state index contributed by atoms with van der Waals surface area (Å²) in [5.74, 6) is -0.451. The zero-order valence-electron chi connectivity index (χ0n) is 27.4. The first kappa shape index (κ1) is 36.5. The molecule has 17 heteroatoms. The number of ether oxygens (including phenoxy) is 2. The molecule has 1 fully saturated rings. The van der Waals surface area contributed by atoms with Gasteiger partial charge in [-0.3, -0.25) is 23.2 Å². The van der Waals surface area contributed by atoms with Crippen LogP contribution in [0.4, 0.5) is 10.2 Å². The van der Waals surface area contributed by atoms with Crippen LogP contribution in [-0.4, -0.2) is 98.8 Å². The maximum atomic E-state index is 16.3. The van der Waals surface area contributed by atoms with Crippen LogP contribution >= 0.6 is 7.75 Å². The van der Waals surface area contributed by atoms with Crippen LogP contribution < -0.4 is 9.99 Å². The van der Waals surface area contributed by atoms with E-state index in [0.29, 0.717) is 22.7 Å². The highest BCUT2D eigenvalue weighted by Crippen LogP contribution is 2.51. The topological polar surface area (TPSA) is 187 Å². The number of nitrogens with zero attached hydrogens (tertiary/aromatic N) is 5. The summed E-state index contributed by atoms with van der Waals surface area (Å²) in [6.45, 7) is 6.05. The minimum Gasteiger partial charge on any atom is -0.462 e. The molecule has 1 saturated heterocycles. The first-order valence-corrected chi connectivity index (χ1v) is 16.6. The van der Waals surface area contributed by atoms with Gasteiger partial charge in [-0.1, -0.05) is 30.3 Å². The number of carbonyl (C=O) groups excluding carboxylic acids is 2. The van der Waals surface area contributed by atoms with Crippen LogP contribution in [0, 0.1) is 6.92 Å². The fourth-order valence-electron chi connectivity index (χ4n) is 5.06. The van der Waals surface area contributed by atoms with Gasteiger partial charge in [-0.05, 0) is 40.2 Å². The number of imidazole rings is 1. The number of rotatable bonds is 15. The quantitative estimate of drug-likeness (QED) is 0.157. The van der Waals surface area contributed by atoms with Crippen molar-refractivity contribution in [1.29, 1.82) is 0 Å². The third-order valence-corrected chi connectivity index (χ3v) is 9.13. The van der Waals surface area contributed by atoms with Gasteiger partial charge in [0.2, 0.25) is 0 Å². The van der Waals surface area contributed by atoms with E-state index in [9.17, 15) is 24.4 Å². The molecule has 1 aliphatic rings. The number of benzene rings is 1. The predicted molar refractivity (Wildman–Crippen MR) is 168 cm³/mol. The van der Waals surface area contributed by atoms with Gasteiger partial charge in [-0.2, -0.15) is 0 Å². The van der Waals surface area contributed by atoms with E-state index in [1.165, 1.54) is 17.8 Å². The Hall–Kier alpha value is -3.37. The number of aromatic nitrogens is 4. The van der Waals surface area contributed by atoms with Gasteiger partial charge in [0.15, 0.2) is 34.7 Å². The van der Waals surface area contributed by atoms with Gasteiger partial charge in [-0.25, -0.2) is 29.0 Å². The second kappa shape index (κ2) is 14.8. The summed E-state index contributed by atoms with van der Waals surface area (Å²) in [6, 6.07) is 7.12. The molecule has 0 aliphatic carbocycles. The Kier molecular flexibility index (Phi) is 11.5. The highest BCUT2D eigenvalue weighted by molar-refractivity contribution is 7.51. The van der Waals surface area contributed by atoms with Gasteiger partial charge in [0.05, 0.1) is 19.0 Å². The normalized spacial score (nSPS) is 23.9. The van der Waals surface area contributed by atoms with E-state index < -0.39 is 75.1 Å². The maximum Gasteiger partial charge on any atom is 0.406 e. The lowest BCUT2D eigenvalue weighted by Gasteiger charge is -2.28. The summed E-state index contributed by atoms with van der Waals surface area (Å²) >= 11 is 0. The van der Waals surface area contributed by atoms with E-state index in [0.717, 1.165) is 6.92 Å². The van der Waals surface area contributed by atoms with Crippen molar-refractivity contribution >= 4 is 36.5 Å². The number of halogens is 1. The molecule has 3 aromatic rings. The van der Waals surface area contributed by atoms with Crippen LogP contribution in [0.1, 0.15) is 57.8 Å². The number of aryl methyl sites for hydroxylation is 1. The number of fused-ring (bicyclic) bond motifs is 1. The zero-order valence-corrected chi connectivity index (χ0v) is 28.3. The molecule has 0 radical (unpaired) electrons. The van der Waals surface area contributed by atoms with Crippen molar-refractivity contribution in [2.45, 2.75) is 83.4 Å². The van der Waals surface area contributed by atoms with Crippen LogP contribution in [0.3, 0.4) is 0 Å². The molecule has 4 rings (SSSR count). The van der Waals surface area contributed by atoms with E-state index in [1.54, 1.807) is 70.1 Å². The van der Waals surface area contributed by atoms with E-state index in [2.05, 4.69) is 20.0 Å². The first-order chi connectivity index (χ1) is 22.1. The fourth-order valence-corrected chi connectivity index (χ4v) is 6.71. The minimum absolute atomic E-state index is 0.274. The van der Waals surface area contributed by atoms with Crippen molar-refractivity contribution in [3.8, 4) is 0 Å². The van der Waals surface area contributed by atoms with E-state index in [-0.39, 0.29) is 12.1 Å². The lowest BCUT2D eigenvalue weighted by Crippen LogP contribution is -2.41. The van der Waals surface area contributed by atoms with Crippen LogP contribution in [-0.2, 0) is 32.7 Å². The van der Waals surface area contributed by atoms with Gasteiger partial charge in [0, 0.05) is 20.5 Å². The molecule has 2 aromatic heterocycles. The Bertz CT molecular complexity index is 1610. The number of esters is 1. The summed E-state index contributed by atoms with van der Waals surface area (Å²) < 4.78 is 54.7. The summed E-state index contributed by atoms with van der Waals surface area (Å²) in [6.07, 6.45) is -5.28. The zero-order chi connectivity index (χ0) is 34.7.